The number of methoxy groups -OCH3 is 1. The van der Waals surface area contributed by atoms with Crippen molar-refractivity contribution in [1.82, 2.24) is 4.90 Å². The summed E-state index contributed by atoms with van der Waals surface area (Å²) < 4.78 is 11.1. The summed E-state index contributed by atoms with van der Waals surface area (Å²) in [7, 11) is 1.53. The Labute approximate surface area is 166 Å². The molecule has 1 aliphatic heterocycles. The van der Waals surface area contributed by atoms with E-state index in [4.69, 9.17) is 26.8 Å². The summed E-state index contributed by atoms with van der Waals surface area (Å²) in [6, 6.07) is 3.87. The van der Waals surface area contributed by atoms with Gasteiger partial charge in [0.05, 0.1) is 25.2 Å². The van der Waals surface area contributed by atoms with Crippen molar-refractivity contribution < 1.29 is 29.3 Å². The highest BCUT2D eigenvalue weighted by Crippen LogP contribution is 2.35. The zero-order valence-corrected chi connectivity index (χ0v) is 16.6. The van der Waals surface area contributed by atoms with Crippen LogP contribution in [0.5, 0.6) is 11.5 Å². The summed E-state index contributed by atoms with van der Waals surface area (Å²) >= 11 is 6.10. The average Bonchev–Trinajstić information content (AvgIpc) is 2.91. The van der Waals surface area contributed by atoms with Crippen molar-refractivity contribution in [2.45, 2.75) is 25.8 Å². The largest absolute Gasteiger partial charge is 0.493 e. The molecule has 1 fully saturated rings. The van der Waals surface area contributed by atoms with E-state index in [1.54, 1.807) is 24.3 Å². The molecule has 0 bridgehead atoms. The maximum Gasteiger partial charge on any atom is 0.329 e. The Morgan fingerprint density at radius 1 is 1.41 bits per heavy atom. The summed E-state index contributed by atoms with van der Waals surface area (Å²) in [5, 5.41) is 18.4. The number of thiocarbonyl (C=S) groups is 1. The zero-order valence-electron chi connectivity index (χ0n) is 15.0. The van der Waals surface area contributed by atoms with E-state index in [2.05, 4.69) is 6.92 Å². The second kappa shape index (κ2) is 9.72. The van der Waals surface area contributed by atoms with Crippen LogP contribution >= 0.6 is 24.0 Å². The molecule has 2 N–H and O–H groups in total. The second-order valence-electron chi connectivity index (χ2n) is 5.70. The Balaban J connectivity index is 2.24. The van der Waals surface area contributed by atoms with E-state index in [1.165, 1.54) is 7.11 Å². The molecule has 0 saturated carbocycles. The molecular weight excluding hydrogens is 390 g/mol. The van der Waals surface area contributed by atoms with E-state index in [1.807, 2.05) is 0 Å². The number of ether oxygens (including phenoxy) is 2. The Morgan fingerprint density at radius 3 is 2.74 bits per heavy atom. The van der Waals surface area contributed by atoms with E-state index in [0.29, 0.717) is 23.7 Å². The number of aliphatic carboxylic acids is 1. The average molecular weight is 412 g/mol. The third kappa shape index (κ3) is 5.00. The number of thioether (sulfide) groups is 1. The van der Waals surface area contributed by atoms with Crippen molar-refractivity contribution >= 4 is 46.3 Å². The molecule has 9 heteroatoms. The predicted molar refractivity (Wildman–Crippen MR) is 107 cm³/mol. The van der Waals surface area contributed by atoms with Crippen LogP contribution < -0.4 is 9.47 Å². The first kappa shape index (κ1) is 21.2. The van der Waals surface area contributed by atoms with Crippen LogP contribution in [0.1, 0.15) is 25.3 Å². The summed E-state index contributed by atoms with van der Waals surface area (Å²) in [5.74, 6) is -0.713. The van der Waals surface area contributed by atoms with Gasteiger partial charge < -0.3 is 19.7 Å². The van der Waals surface area contributed by atoms with Gasteiger partial charge in [-0.3, -0.25) is 9.69 Å². The quantitative estimate of drug-likeness (QED) is 0.364. The van der Waals surface area contributed by atoms with Gasteiger partial charge in [-0.15, -0.1) is 0 Å². The number of amides is 1. The summed E-state index contributed by atoms with van der Waals surface area (Å²) in [4.78, 5) is 25.0. The van der Waals surface area contributed by atoms with Gasteiger partial charge >= 0.3 is 5.97 Å². The van der Waals surface area contributed by atoms with E-state index >= 15 is 0 Å². The Kier molecular flexibility index (Phi) is 7.64. The van der Waals surface area contributed by atoms with Gasteiger partial charge in [0.25, 0.3) is 5.91 Å². The molecule has 1 unspecified atom stereocenters. The molecule has 146 valence electrons. The highest BCUT2D eigenvalue weighted by Gasteiger charge is 2.40. The Morgan fingerprint density at radius 2 is 2.15 bits per heavy atom. The number of benzene rings is 1. The lowest BCUT2D eigenvalue weighted by Gasteiger charge is -2.20. The molecule has 1 amide bonds. The summed E-state index contributed by atoms with van der Waals surface area (Å²) in [6.07, 6.45) is 3.56. The topological polar surface area (TPSA) is 96.3 Å². The summed E-state index contributed by atoms with van der Waals surface area (Å²) in [6.45, 7) is 1.95. The van der Waals surface area contributed by atoms with E-state index in [0.717, 1.165) is 29.5 Å². The maximum absolute atomic E-state index is 12.5. The van der Waals surface area contributed by atoms with Crippen molar-refractivity contribution in [1.29, 1.82) is 0 Å². The number of carbonyl (C=O) groups excluding carboxylic acids is 1. The van der Waals surface area contributed by atoms with Gasteiger partial charge in [-0.25, -0.2) is 4.79 Å². The van der Waals surface area contributed by atoms with Gasteiger partial charge in [-0.1, -0.05) is 43.4 Å². The minimum atomic E-state index is -1.40. The number of rotatable bonds is 9. The number of aliphatic hydroxyl groups is 1. The fraction of sp³-hybridized carbons (Fsp3) is 0.389. The fourth-order valence-electron chi connectivity index (χ4n) is 2.39. The summed E-state index contributed by atoms with van der Waals surface area (Å²) in [5.41, 5.74) is 0.686. The Bertz CT molecular complexity index is 764. The second-order valence-corrected chi connectivity index (χ2v) is 7.38. The number of unbranched alkanes of at least 4 members (excludes halogenated alkanes) is 1. The third-order valence-corrected chi connectivity index (χ3v) is 5.16. The molecule has 2 rings (SSSR count). The number of hydrogen-bond donors (Lipinski definition) is 2. The van der Waals surface area contributed by atoms with Crippen molar-refractivity contribution in [3.05, 3.63) is 28.7 Å². The molecule has 1 aliphatic rings. The molecule has 27 heavy (non-hydrogen) atoms. The molecule has 0 spiro atoms. The maximum atomic E-state index is 12.5. The minimum Gasteiger partial charge on any atom is -0.493 e. The minimum absolute atomic E-state index is 0.0965. The van der Waals surface area contributed by atoms with Gasteiger partial charge in [0, 0.05) is 0 Å². The number of nitrogens with zero attached hydrogens (tertiary/aromatic N) is 1. The molecule has 1 saturated heterocycles. The zero-order chi connectivity index (χ0) is 20.0. The number of aliphatic hydroxyl groups excluding tert-OH is 1. The van der Waals surface area contributed by atoms with Crippen LogP contribution in [-0.4, -0.2) is 57.7 Å². The number of carbonyl (C=O) groups is 2. The Hall–Kier alpha value is -2.10. The number of carboxylic acids is 1. The van der Waals surface area contributed by atoms with Crippen molar-refractivity contribution in [3.63, 3.8) is 0 Å². The van der Waals surface area contributed by atoms with Gasteiger partial charge in [-0.2, -0.15) is 0 Å². The van der Waals surface area contributed by atoms with Crippen LogP contribution in [0.3, 0.4) is 0 Å². The lowest BCUT2D eigenvalue weighted by molar-refractivity contribution is -0.146. The molecule has 0 radical (unpaired) electrons. The SMILES string of the molecule is CCCCOc1ccc(C=C2SC(=S)N(C(CO)C(=O)O)C2=O)cc1OC. The normalized spacial score (nSPS) is 16.7. The number of hydrogen-bond acceptors (Lipinski definition) is 7. The highest BCUT2D eigenvalue weighted by atomic mass is 32.2. The number of carboxylic acid groups (broad SMARTS) is 1. The van der Waals surface area contributed by atoms with Crippen molar-refractivity contribution in [3.8, 4) is 11.5 Å². The predicted octanol–water partition coefficient (Wildman–Crippen LogP) is 2.52. The lowest BCUT2D eigenvalue weighted by atomic mass is 10.1. The monoisotopic (exact) mass is 411 g/mol. The first-order valence-electron chi connectivity index (χ1n) is 8.34. The van der Waals surface area contributed by atoms with Crippen LogP contribution in [-0.2, 0) is 9.59 Å². The van der Waals surface area contributed by atoms with Crippen molar-refractivity contribution in [2.75, 3.05) is 20.3 Å². The van der Waals surface area contributed by atoms with Crippen LogP contribution in [0.25, 0.3) is 6.08 Å². The smallest absolute Gasteiger partial charge is 0.329 e. The third-order valence-electron chi connectivity index (χ3n) is 3.83. The fourth-order valence-corrected chi connectivity index (χ4v) is 3.75. The van der Waals surface area contributed by atoms with Crippen LogP contribution in [0.2, 0.25) is 0 Å². The molecular formula is C18H21NO6S2. The van der Waals surface area contributed by atoms with Gasteiger partial charge in [-0.05, 0) is 30.2 Å². The first-order valence-corrected chi connectivity index (χ1v) is 9.57. The van der Waals surface area contributed by atoms with Gasteiger partial charge in [0.2, 0.25) is 0 Å². The van der Waals surface area contributed by atoms with Crippen LogP contribution in [0, 0.1) is 0 Å². The molecule has 1 aromatic rings. The molecule has 7 nitrogen and oxygen atoms in total. The van der Waals surface area contributed by atoms with Crippen molar-refractivity contribution in [2.24, 2.45) is 0 Å². The molecule has 0 aliphatic carbocycles. The molecule has 1 heterocycles. The van der Waals surface area contributed by atoms with E-state index < -0.39 is 24.5 Å². The van der Waals surface area contributed by atoms with E-state index in [-0.39, 0.29) is 9.23 Å². The van der Waals surface area contributed by atoms with Crippen LogP contribution in [0.15, 0.2) is 23.1 Å². The molecule has 1 atom stereocenters. The molecule has 1 aromatic carbocycles. The molecule has 0 aromatic heterocycles. The standard InChI is InChI=1S/C18H21NO6S2/c1-3-4-7-25-13-6-5-11(8-14(13)24-2)9-15-16(21)19(18(26)27-15)12(10-20)17(22)23/h5-6,8-9,12,20H,3-4,7,10H2,1-2H3,(H,22,23). The van der Waals surface area contributed by atoms with E-state index in [9.17, 15) is 14.7 Å². The lowest BCUT2D eigenvalue weighted by Crippen LogP contribution is -2.46. The van der Waals surface area contributed by atoms with Crippen LogP contribution in [0.4, 0.5) is 0 Å². The van der Waals surface area contributed by atoms with Gasteiger partial charge in [0.1, 0.15) is 4.32 Å². The highest BCUT2D eigenvalue weighted by molar-refractivity contribution is 8.26. The van der Waals surface area contributed by atoms with Gasteiger partial charge in [0.15, 0.2) is 17.5 Å². The first-order chi connectivity index (χ1) is 12.9.